The van der Waals surface area contributed by atoms with E-state index in [1.54, 1.807) is 7.11 Å². The van der Waals surface area contributed by atoms with Crippen molar-refractivity contribution in [1.82, 2.24) is 0 Å². The van der Waals surface area contributed by atoms with Crippen molar-refractivity contribution in [3.05, 3.63) is 29.3 Å². The van der Waals surface area contributed by atoms with Crippen LogP contribution in [0.25, 0.3) is 0 Å². The van der Waals surface area contributed by atoms with Crippen molar-refractivity contribution < 1.29 is 4.74 Å². The molecule has 0 aliphatic heterocycles. The van der Waals surface area contributed by atoms with Gasteiger partial charge in [0.25, 0.3) is 0 Å². The molecule has 0 saturated heterocycles. The Kier molecular flexibility index (Phi) is 5.54. The zero-order valence-electron chi connectivity index (χ0n) is 11.9. The van der Waals surface area contributed by atoms with Gasteiger partial charge in [-0.25, -0.2) is 0 Å². The quantitative estimate of drug-likeness (QED) is 0.687. The maximum absolute atomic E-state index is 5.48. The van der Waals surface area contributed by atoms with Gasteiger partial charge in [-0.3, -0.25) is 0 Å². The van der Waals surface area contributed by atoms with Gasteiger partial charge in [-0.2, -0.15) is 0 Å². The van der Waals surface area contributed by atoms with Crippen molar-refractivity contribution in [3.8, 4) is 5.75 Å². The number of rotatable bonds is 6. The molecule has 96 valence electrons. The highest BCUT2D eigenvalue weighted by Gasteiger charge is 2.08. The van der Waals surface area contributed by atoms with Crippen LogP contribution in [0, 0.1) is 5.92 Å². The summed E-state index contributed by atoms with van der Waals surface area (Å²) in [6, 6.07) is 6.67. The van der Waals surface area contributed by atoms with Gasteiger partial charge in [-0.15, -0.1) is 0 Å². The Hall–Kier alpha value is -0.980. The number of ether oxygens (including phenoxy) is 1. The number of hydrogen-bond acceptors (Lipinski definition) is 1. The molecule has 0 heterocycles. The standard InChI is InChI=1S/C16H26O/c1-6-13(4)7-8-14-9-10-15(12(2)3)16(11-14)17-5/h9-13H,6-8H2,1-5H3. The Labute approximate surface area is 106 Å². The smallest absolute Gasteiger partial charge is 0.122 e. The van der Waals surface area contributed by atoms with Gasteiger partial charge in [0, 0.05) is 0 Å². The summed E-state index contributed by atoms with van der Waals surface area (Å²) < 4.78 is 5.48. The summed E-state index contributed by atoms with van der Waals surface area (Å²) in [5.41, 5.74) is 2.70. The minimum Gasteiger partial charge on any atom is -0.496 e. The van der Waals surface area contributed by atoms with Gasteiger partial charge in [-0.05, 0) is 41.9 Å². The third-order valence-electron chi connectivity index (χ3n) is 3.54. The highest BCUT2D eigenvalue weighted by atomic mass is 16.5. The van der Waals surface area contributed by atoms with E-state index in [1.165, 1.54) is 24.0 Å². The van der Waals surface area contributed by atoms with Gasteiger partial charge in [0.2, 0.25) is 0 Å². The van der Waals surface area contributed by atoms with E-state index in [-0.39, 0.29) is 0 Å². The van der Waals surface area contributed by atoms with Crippen LogP contribution in [-0.4, -0.2) is 7.11 Å². The Morgan fingerprint density at radius 1 is 1.18 bits per heavy atom. The molecule has 0 radical (unpaired) electrons. The van der Waals surface area contributed by atoms with Gasteiger partial charge < -0.3 is 4.74 Å². The number of benzene rings is 1. The lowest BCUT2D eigenvalue weighted by Gasteiger charge is -2.14. The Balaban J connectivity index is 2.75. The molecule has 0 saturated carbocycles. The fraction of sp³-hybridized carbons (Fsp3) is 0.625. The van der Waals surface area contributed by atoms with Crippen LogP contribution in [0.15, 0.2) is 18.2 Å². The van der Waals surface area contributed by atoms with E-state index in [0.717, 1.165) is 18.1 Å². The summed E-state index contributed by atoms with van der Waals surface area (Å²) in [5, 5.41) is 0. The van der Waals surface area contributed by atoms with Gasteiger partial charge in [0.15, 0.2) is 0 Å². The monoisotopic (exact) mass is 234 g/mol. The average Bonchev–Trinajstić information content (AvgIpc) is 2.35. The number of methoxy groups -OCH3 is 1. The molecular formula is C16H26O. The molecule has 17 heavy (non-hydrogen) atoms. The van der Waals surface area contributed by atoms with Crippen molar-refractivity contribution in [1.29, 1.82) is 0 Å². The lowest BCUT2D eigenvalue weighted by molar-refractivity contribution is 0.406. The molecule has 1 heteroatoms. The molecule has 0 spiro atoms. The number of aryl methyl sites for hydroxylation is 1. The van der Waals surface area contributed by atoms with Crippen LogP contribution in [0.5, 0.6) is 5.75 Å². The lowest BCUT2D eigenvalue weighted by Crippen LogP contribution is -1.98. The van der Waals surface area contributed by atoms with E-state index in [9.17, 15) is 0 Å². The molecule has 1 unspecified atom stereocenters. The Morgan fingerprint density at radius 2 is 1.88 bits per heavy atom. The molecule has 1 atom stereocenters. The zero-order chi connectivity index (χ0) is 12.8. The molecule has 0 amide bonds. The van der Waals surface area contributed by atoms with Crippen molar-refractivity contribution in [2.45, 2.75) is 52.9 Å². The highest BCUT2D eigenvalue weighted by Crippen LogP contribution is 2.28. The second kappa shape index (κ2) is 6.68. The van der Waals surface area contributed by atoms with Crippen molar-refractivity contribution in [2.75, 3.05) is 7.11 Å². The Bertz CT molecular complexity index is 341. The fourth-order valence-corrected chi connectivity index (χ4v) is 2.01. The molecule has 1 aromatic rings. The SMILES string of the molecule is CCC(C)CCc1ccc(C(C)C)c(OC)c1. The largest absolute Gasteiger partial charge is 0.496 e. The summed E-state index contributed by atoms with van der Waals surface area (Å²) in [4.78, 5) is 0. The maximum Gasteiger partial charge on any atom is 0.122 e. The fourth-order valence-electron chi connectivity index (χ4n) is 2.01. The molecule has 0 N–H and O–H groups in total. The molecule has 1 rings (SSSR count). The highest BCUT2D eigenvalue weighted by molar-refractivity contribution is 5.39. The van der Waals surface area contributed by atoms with Crippen LogP contribution in [0.2, 0.25) is 0 Å². The molecule has 0 fully saturated rings. The molecular weight excluding hydrogens is 208 g/mol. The summed E-state index contributed by atoms with van der Waals surface area (Å²) in [7, 11) is 1.76. The Morgan fingerprint density at radius 3 is 2.41 bits per heavy atom. The minimum atomic E-state index is 0.522. The van der Waals surface area contributed by atoms with Crippen LogP contribution in [0.3, 0.4) is 0 Å². The molecule has 1 nitrogen and oxygen atoms in total. The van der Waals surface area contributed by atoms with Crippen molar-refractivity contribution in [3.63, 3.8) is 0 Å². The summed E-state index contributed by atoms with van der Waals surface area (Å²) in [5.74, 6) is 2.38. The first-order valence-electron chi connectivity index (χ1n) is 6.75. The molecule has 0 aliphatic carbocycles. The lowest BCUT2D eigenvalue weighted by atomic mass is 9.95. The van der Waals surface area contributed by atoms with Gasteiger partial charge in [0.1, 0.15) is 5.75 Å². The predicted octanol–water partition coefficient (Wildman–Crippen LogP) is 4.80. The average molecular weight is 234 g/mol. The third-order valence-corrected chi connectivity index (χ3v) is 3.54. The summed E-state index contributed by atoms with van der Waals surface area (Å²) in [6.45, 7) is 8.99. The first kappa shape index (κ1) is 14.1. The molecule has 0 bridgehead atoms. The van der Waals surface area contributed by atoms with Gasteiger partial charge in [-0.1, -0.05) is 46.2 Å². The van der Waals surface area contributed by atoms with Gasteiger partial charge >= 0.3 is 0 Å². The van der Waals surface area contributed by atoms with Gasteiger partial charge in [0.05, 0.1) is 7.11 Å². The summed E-state index contributed by atoms with van der Waals surface area (Å²) >= 11 is 0. The van der Waals surface area contributed by atoms with Crippen molar-refractivity contribution >= 4 is 0 Å². The normalized spacial score (nSPS) is 12.8. The summed E-state index contributed by atoms with van der Waals surface area (Å²) in [6.07, 6.45) is 3.69. The van der Waals surface area contributed by atoms with Crippen LogP contribution in [-0.2, 0) is 6.42 Å². The minimum absolute atomic E-state index is 0.522. The molecule has 0 aromatic heterocycles. The first-order chi connectivity index (χ1) is 8.08. The van der Waals surface area contributed by atoms with E-state index in [2.05, 4.69) is 45.9 Å². The van der Waals surface area contributed by atoms with Crippen molar-refractivity contribution in [2.24, 2.45) is 5.92 Å². The first-order valence-corrected chi connectivity index (χ1v) is 6.75. The third kappa shape index (κ3) is 4.07. The van der Waals surface area contributed by atoms with E-state index >= 15 is 0 Å². The van der Waals surface area contributed by atoms with Crippen LogP contribution in [0.4, 0.5) is 0 Å². The molecule has 0 aliphatic rings. The zero-order valence-corrected chi connectivity index (χ0v) is 11.9. The predicted molar refractivity (Wildman–Crippen MR) is 74.9 cm³/mol. The second-order valence-corrected chi connectivity index (χ2v) is 5.28. The van der Waals surface area contributed by atoms with E-state index in [1.807, 2.05) is 0 Å². The van der Waals surface area contributed by atoms with E-state index in [0.29, 0.717) is 5.92 Å². The van der Waals surface area contributed by atoms with E-state index in [4.69, 9.17) is 4.74 Å². The van der Waals surface area contributed by atoms with Crippen LogP contribution < -0.4 is 4.74 Å². The molecule has 1 aromatic carbocycles. The topological polar surface area (TPSA) is 9.23 Å². The maximum atomic E-state index is 5.48. The second-order valence-electron chi connectivity index (χ2n) is 5.28. The van der Waals surface area contributed by atoms with Crippen LogP contribution >= 0.6 is 0 Å². The van der Waals surface area contributed by atoms with Crippen LogP contribution in [0.1, 0.15) is 57.6 Å². The number of hydrogen-bond donors (Lipinski definition) is 0. The van der Waals surface area contributed by atoms with E-state index < -0.39 is 0 Å².